The molecule has 0 amide bonds. The third kappa shape index (κ3) is 54.1. The number of carboxylic acids is 1. The van der Waals surface area contributed by atoms with E-state index in [4.69, 9.17) is 9.90 Å². The van der Waals surface area contributed by atoms with Gasteiger partial charge in [0.05, 0.1) is 0 Å². The fourth-order valence-electron chi connectivity index (χ4n) is 0. The minimum absolute atomic E-state index is 0. The molecule has 0 aliphatic carbocycles. The summed E-state index contributed by atoms with van der Waals surface area (Å²) in [6, 6.07) is 0. The number of rotatable bonds is 0. The first-order valence-electron chi connectivity index (χ1n) is 0.928. The molecule has 2 nitrogen and oxygen atoms in total. The summed E-state index contributed by atoms with van der Waals surface area (Å²) < 4.78 is 0. The van der Waals surface area contributed by atoms with E-state index in [0.29, 0.717) is 0 Å². The van der Waals surface area contributed by atoms with Gasteiger partial charge in [0.15, 0.2) is 0 Å². The normalized spacial score (nSPS) is 3.57. The second-order valence-electron chi connectivity index (χ2n) is 0.519. The Morgan fingerprint density at radius 2 is 1.71 bits per heavy atom. The van der Waals surface area contributed by atoms with Crippen LogP contribution in [0.4, 0.5) is 0 Å². The molecule has 5 heteroatoms. The van der Waals surface area contributed by atoms with E-state index < -0.39 is 5.97 Å². The molecule has 0 bridgehead atoms. The second-order valence-corrected chi connectivity index (χ2v) is 0.519. The Kier molecular flexibility index (Phi) is 51.2. The first-order chi connectivity index (χ1) is 1.73. The molecule has 0 heterocycles. The monoisotopic (exact) mass is 248 g/mol. The molecule has 0 fully saturated rings. The van der Waals surface area contributed by atoms with Gasteiger partial charge >= 0.3 is 98.3 Å². The SMILES string of the molecule is CC(=O)O.[H-].[H-].[H-].[K+].[Mg+2].[SnH2]. The zero-order chi connectivity index (χ0) is 3.58. The van der Waals surface area contributed by atoms with Crippen LogP contribution in [0, 0.1) is 0 Å². The fourth-order valence-corrected chi connectivity index (χ4v) is 0. The molecule has 0 saturated carbocycles. The van der Waals surface area contributed by atoms with Crippen molar-refractivity contribution in [1.29, 1.82) is 0 Å². The van der Waals surface area contributed by atoms with Gasteiger partial charge in [0.25, 0.3) is 5.97 Å². The van der Waals surface area contributed by atoms with Crippen molar-refractivity contribution in [1.82, 2.24) is 0 Å². The number of hydrogen-bond acceptors (Lipinski definition) is 1. The van der Waals surface area contributed by atoms with Gasteiger partial charge in [-0.1, -0.05) is 0 Å². The predicted molar refractivity (Wildman–Crippen MR) is 30.9 cm³/mol. The molecule has 0 aliphatic heterocycles. The van der Waals surface area contributed by atoms with E-state index in [2.05, 4.69) is 0 Å². The van der Waals surface area contributed by atoms with E-state index in [9.17, 15) is 0 Å². The summed E-state index contributed by atoms with van der Waals surface area (Å²) in [6.07, 6.45) is 0. The number of aliphatic carboxylic acids is 1. The molecule has 0 aromatic heterocycles. The molecule has 0 spiro atoms. The molecule has 1 N–H and O–H groups in total. The van der Waals surface area contributed by atoms with Crippen molar-refractivity contribution >= 4 is 52.9 Å². The summed E-state index contributed by atoms with van der Waals surface area (Å²) in [4.78, 5) is 9.00. The van der Waals surface area contributed by atoms with Crippen molar-refractivity contribution in [3.8, 4) is 0 Å². The van der Waals surface area contributed by atoms with Crippen LogP contribution in [-0.4, -0.2) is 58.0 Å². The molecule has 0 rings (SSSR count). The third-order valence-electron chi connectivity index (χ3n) is 0. The quantitative estimate of drug-likeness (QED) is 0.445. The molecule has 7 heavy (non-hydrogen) atoms. The first kappa shape index (κ1) is 22.6. The van der Waals surface area contributed by atoms with Crippen molar-refractivity contribution in [2.24, 2.45) is 0 Å². The maximum absolute atomic E-state index is 9.00. The maximum atomic E-state index is 9.00. The van der Waals surface area contributed by atoms with E-state index in [1.807, 2.05) is 0 Å². The van der Waals surface area contributed by atoms with Crippen molar-refractivity contribution < 1.29 is 65.6 Å². The summed E-state index contributed by atoms with van der Waals surface area (Å²) >= 11 is 0. The fraction of sp³-hybridized carbons (Fsp3) is 0.500. The van der Waals surface area contributed by atoms with Crippen LogP contribution in [0.15, 0.2) is 0 Å². The summed E-state index contributed by atoms with van der Waals surface area (Å²) in [5, 5.41) is 7.42. The van der Waals surface area contributed by atoms with Gasteiger partial charge in [-0.3, -0.25) is 4.79 Å². The Balaban J connectivity index is -0.00000000300. The summed E-state index contributed by atoms with van der Waals surface area (Å²) in [7, 11) is 0. The molecule has 0 aromatic carbocycles. The van der Waals surface area contributed by atoms with Gasteiger partial charge in [0, 0.05) is 6.92 Å². The predicted octanol–water partition coefficient (Wildman–Crippen LogP) is -3.86. The van der Waals surface area contributed by atoms with Gasteiger partial charge in [-0.2, -0.15) is 0 Å². The Morgan fingerprint density at radius 1 is 1.71 bits per heavy atom. The van der Waals surface area contributed by atoms with Crippen LogP contribution in [0.2, 0.25) is 0 Å². The average molecular weight is 247 g/mol. The van der Waals surface area contributed by atoms with Crippen molar-refractivity contribution in [2.75, 3.05) is 0 Å². The number of carbonyl (C=O) groups is 1. The Hall–Kier alpha value is 2.67. The van der Waals surface area contributed by atoms with Gasteiger partial charge in [0.1, 0.15) is 0 Å². The topological polar surface area (TPSA) is 37.3 Å². The minimum atomic E-state index is -0.833. The van der Waals surface area contributed by atoms with E-state index >= 15 is 0 Å². The van der Waals surface area contributed by atoms with E-state index in [0.717, 1.165) is 6.92 Å². The van der Waals surface area contributed by atoms with E-state index in [1.54, 1.807) is 0 Å². The van der Waals surface area contributed by atoms with Crippen molar-refractivity contribution in [3.05, 3.63) is 0 Å². The van der Waals surface area contributed by atoms with Gasteiger partial charge < -0.3 is 9.39 Å². The third-order valence-corrected chi connectivity index (χ3v) is 0. The van der Waals surface area contributed by atoms with Crippen molar-refractivity contribution in [2.45, 2.75) is 6.92 Å². The van der Waals surface area contributed by atoms with Crippen LogP contribution in [0.3, 0.4) is 0 Å². The van der Waals surface area contributed by atoms with Gasteiger partial charge in [-0.25, -0.2) is 0 Å². The molecular formula is C2H9KMgO2Sn. The van der Waals surface area contributed by atoms with Gasteiger partial charge in [-0.05, 0) is 0 Å². The average Bonchev–Trinajstić information content (AvgIpc) is 0.811. The Labute approximate surface area is 123 Å². The summed E-state index contributed by atoms with van der Waals surface area (Å²) in [5.41, 5.74) is 0. The number of carboxylic acid groups (broad SMARTS) is 1. The summed E-state index contributed by atoms with van der Waals surface area (Å²) in [5.74, 6) is -0.833. The van der Waals surface area contributed by atoms with Crippen LogP contribution in [-0.2, 0) is 4.79 Å². The summed E-state index contributed by atoms with van der Waals surface area (Å²) in [6.45, 7) is 1.08. The van der Waals surface area contributed by atoms with E-state index in [1.165, 1.54) is 0 Å². The van der Waals surface area contributed by atoms with Crippen molar-refractivity contribution in [3.63, 3.8) is 0 Å². The van der Waals surface area contributed by atoms with Crippen LogP contribution >= 0.6 is 0 Å². The molecular weight excluding hydrogens is 238 g/mol. The molecule has 36 valence electrons. The van der Waals surface area contributed by atoms with E-state index in [-0.39, 0.29) is 103 Å². The van der Waals surface area contributed by atoms with Gasteiger partial charge in [-0.15, -0.1) is 0 Å². The van der Waals surface area contributed by atoms with Crippen LogP contribution in [0.25, 0.3) is 0 Å². The van der Waals surface area contributed by atoms with Crippen LogP contribution in [0.5, 0.6) is 0 Å². The second kappa shape index (κ2) is 15.9. The molecule has 2 radical (unpaired) electrons. The van der Waals surface area contributed by atoms with Crippen LogP contribution in [0.1, 0.15) is 11.2 Å². The molecule has 0 aliphatic rings. The number of hydrogen-bond donors (Lipinski definition) is 1. The standard InChI is InChI=1S/C2H4O2.K.Mg.Sn.5H/c1-2(3)4;;;;;;;;/h1H3,(H,3,4);;;;;;;;/q;+1;+2;;;;3*-1. The first-order valence-corrected chi connectivity index (χ1v) is 0.928. The molecule has 0 saturated heterocycles. The molecule has 0 aromatic rings. The Bertz CT molecular complexity index is 47.5. The zero-order valence-corrected chi connectivity index (χ0v) is 13.3. The molecule has 0 atom stereocenters. The Morgan fingerprint density at radius 3 is 1.71 bits per heavy atom. The molecule has 0 unspecified atom stereocenters. The van der Waals surface area contributed by atoms with Gasteiger partial charge in [0.2, 0.25) is 0 Å². The van der Waals surface area contributed by atoms with Crippen LogP contribution < -0.4 is 51.4 Å². The zero-order valence-electron chi connectivity index (χ0n) is 7.77.